The van der Waals surface area contributed by atoms with Gasteiger partial charge in [-0.05, 0) is 24.3 Å². The van der Waals surface area contributed by atoms with Crippen LogP contribution in [0.5, 0.6) is 0 Å². The van der Waals surface area contributed by atoms with Gasteiger partial charge < -0.3 is 5.11 Å². The van der Waals surface area contributed by atoms with E-state index in [1.54, 1.807) is 17.4 Å². The van der Waals surface area contributed by atoms with Gasteiger partial charge in [0.15, 0.2) is 0 Å². The first-order valence-electron chi connectivity index (χ1n) is 5.50. The van der Waals surface area contributed by atoms with Crippen LogP contribution in [0.25, 0.3) is 10.7 Å². The van der Waals surface area contributed by atoms with Gasteiger partial charge in [-0.25, -0.2) is 9.78 Å². The predicted molar refractivity (Wildman–Crippen MR) is 72.2 cm³/mol. The van der Waals surface area contributed by atoms with Crippen molar-refractivity contribution in [3.05, 3.63) is 34.5 Å². The quantitative estimate of drug-likeness (QED) is 0.915. The molecule has 2 aromatic rings. The molecule has 0 aromatic carbocycles. The van der Waals surface area contributed by atoms with Crippen molar-refractivity contribution >= 4 is 29.1 Å². The van der Waals surface area contributed by atoms with E-state index >= 15 is 0 Å². The van der Waals surface area contributed by atoms with Gasteiger partial charge >= 0.3 is 5.97 Å². The zero-order chi connectivity index (χ0) is 12.5. The van der Waals surface area contributed by atoms with Crippen LogP contribution in [-0.4, -0.2) is 26.8 Å². The van der Waals surface area contributed by atoms with Crippen LogP contribution in [0.2, 0.25) is 0 Å². The maximum absolute atomic E-state index is 10.9. The fourth-order valence-electron chi connectivity index (χ4n) is 1.82. The van der Waals surface area contributed by atoms with Gasteiger partial charge in [0.2, 0.25) is 0 Å². The summed E-state index contributed by atoms with van der Waals surface area (Å²) in [6.07, 6.45) is 2.52. The summed E-state index contributed by atoms with van der Waals surface area (Å²) < 4.78 is 0. The highest BCUT2D eigenvalue weighted by Crippen LogP contribution is 2.33. The zero-order valence-corrected chi connectivity index (χ0v) is 11.1. The van der Waals surface area contributed by atoms with E-state index in [0.717, 1.165) is 28.6 Å². The molecule has 0 fully saturated rings. The number of nitrogens with zero attached hydrogens (tertiary/aromatic N) is 2. The molecular formula is C12H10N2O2S2. The van der Waals surface area contributed by atoms with Gasteiger partial charge in [-0.1, -0.05) is 0 Å². The van der Waals surface area contributed by atoms with Gasteiger partial charge in [-0.2, -0.15) is 11.8 Å². The number of aromatic carboxylic acids is 1. The minimum absolute atomic E-state index is 0.252. The van der Waals surface area contributed by atoms with E-state index in [9.17, 15) is 4.79 Å². The molecule has 6 heteroatoms. The van der Waals surface area contributed by atoms with Crippen molar-refractivity contribution < 1.29 is 9.90 Å². The third-order valence-electron chi connectivity index (χ3n) is 2.72. The average molecular weight is 278 g/mol. The van der Waals surface area contributed by atoms with Crippen LogP contribution in [0.1, 0.15) is 20.9 Å². The summed E-state index contributed by atoms with van der Waals surface area (Å²) in [7, 11) is 0. The normalized spacial score (nSPS) is 14.2. The second kappa shape index (κ2) is 4.70. The number of hydrogen-bond acceptors (Lipinski definition) is 5. The number of carbonyl (C=O) groups is 1. The first kappa shape index (κ1) is 11.7. The van der Waals surface area contributed by atoms with Crippen LogP contribution in [0.3, 0.4) is 0 Å². The molecule has 0 aliphatic carbocycles. The number of thioether (sulfide) groups is 1. The zero-order valence-electron chi connectivity index (χ0n) is 9.42. The van der Waals surface area contributed by atoms with Crippen LogP contribution in [-0.2, 0) is 12.2 Å². The fourth-order valence-corrected chi connectivity index (χ4v) is 4.01. The molecule has 3 heterocycles. The third-order valence-corrected chi connectivity index (χ3v) is 5.01. The number of carboxylic acid groups (broad SMARTS) is 1. The number of rotatable bonds is 2. The predicted octanol–water partition coefficient (Wildman–Crippen LogP) is 2.69. The summed E-state index contributed by atoms with van der Waals surface area (Å²) in [6.45, 7) is 0. The van der Waals surface area contributed by atoms with Crippen molar-refractivity contribution in [2.24, 2.45) is 0 Å². The van der Waals surface area contributed by atoms with Crippen molar-refractivity contribution in [2.45, 2.75) is 12.2 Å². The maximum atomic E-state index is 10.9. The molecule has 0 amide bonds. The van der Waals surface area contributed by atoms with Crippen LogP contribution in [0.4, 0.5) is 0 Å². The fraction of sp³-hybridized carbons (Fsp3) is 0.250. The highest BCUT2D eigenvalue weighted by molar-refractivity contribution is 7.98. The van der Waals surface area contributed by atoms with Crippen molar-refractivity contribution in [1.82, 2.24) is 9.97 Å². The molecule has 0 bridgehead atoms. The lowest BCUT2D eigenvalue weighted by Crippen LogP contribution is -1.99. The monoisotopic (exact) mass is 278 g/mol. The molecule has 1 N–H and O–H groups in total. The van der Waals surface area contributed by atoms with E-state index in [-0.39, 0.29) is 5.56 Å². The lowest BCUT2D eigenvalue weighted by atomic mass is 10.2. The van der Waals surface area contributed by atoms with Crippen LogP contribution in [0, 0.1) is 0 Å². The van der Waals surface area contributed by atoms with E-state index in [1.165, 1.54) is 17.1 Å². The first-order valence-corrected chi connectivity index (χ1v) is 7.47. The summed E-state index contributed by atoms with van der Waals surface area (Å²) in [4.78, 5) is 21.0. The van der Waals surface area contributed by atoms with E-state index in [4.69, 9.17) is 5.11 Å². The van der Waals surface area contributed by atoms with Crippen molar-refractivity contribution in [1.29, 1.82) is 0 Å². The molecule has 0 spiro atoms. The Morgan fingerprint density at radius 3 is 3.11 bits per heavy atom. The number of fused-ring (bicyclic) bond motifs is 1. The number of aryl methyl sites for hydroxylation is 1. The number of hydrogen-bond donors (Lipinski definition) is 1. The Kier molecular flexibility index (Phi) is 3.05. The molecular weight excluding hydrogens is 268 g/mol. The lowest BCUT2D eigenvalue weighted by molar-refractivity contribution is 0.0697. The number of pyridine rings is 1. The van der Waals surface area contributed by atoms with Crippen molar-refractivity contribution in [3.63, 3.8) is 0 Å². The summed E-state index contributed by atoms with van der Waals surface area (Å²) in [5, 5.41) is 9.79. The Hall–Kier alpha value is -1.40. The maximum Gasteiger partial charge on any atom is 0.335 e. The number of aromatic nitrogens is 2. The molecule has 1 aliphatic rings. The molecule has 1 aliphatic heterocycles. The molecule has 4 nitrogen and oxygen atoms in total. The summed E-state index contributed by atoms with van der Waals surface area (Å²) >= 11 is 3.53. The standard InChI is InChI=1S/C12H10N2O2S2/c15-12(16)7-1-3-13-9(5-7)11-14-8-2-4-17-6-10(8)18-11/h1,3,5H,2,4,6H2,(H,15,16). The molecule has 0 saturated heterocycles. The average Bonchev–Trinajstić information content (AvgIpc) is 2.82. The van der Waals surface area contributed by atoms with Gasteiger partial charge in [0, 0.05) is 16.8 Å². The summed E-state index contributed by atoms with van der Waals surface area (Å²) in [6, 6.07) is 3.08. The Morgan fingerprint density at radius 1 is 1.44 bits per heavy atom. The lowest BCUT2D eigenvalue weighted by Gasteiger charge is -2.06. The molecule has 92 valence electrons. The molecule has 0 saturated carbocycles. The highest BCUT2D eigenvalue weighted by Gasteiger charge is 2.17. The summed E-state index contributed by atoms with van der Waals surface area (Å²) in [5.74, 6) is 1.18. The topological polar surface area (TPSA) is 63.1 Å². The molecule has 2 aromatic heterocycles. The molecule has 0 atom stereocenters. The highest BCUT2D eigenvalue weighted by atomic mass is 32.2. The van der Waals surface area contributed by atoms with Crippen LogP contribution < -0.4 is 0 Å². The third kappa shape index (κ3) is 2.13. The Bertz CT molecular complexity index is 586. The molecule has 18 heavy (non-hydrogen) atoms. The molecule has 0 radical (unpaired) electrons. The van der Waals surface area contributed by atoms with Crippen molar-refractivity contribution in [2.75, 3.05) is 5.75 Å². The van der Waals surface area contributed by atoms with Crippen LogP contribution in [0.15, 0.2) is 18.3 Å². The van der Waals surface area contributed by atoms with E-state index in [0.29, 0.717) is 5.69 Å². The largest absolute Gasteiger partial charge is 0.478 e. The summed E-state index contributed by atoms with van der Waals surface area (Å²) in [5.41, 5.74) is 2.05. The van der Waals surface area contributed by atoms with E-state index < -0.39 is 5.97 Å². The van der Waals surface area contributed by atoms with E-state index in [2.05, 4.69) is 9.97 Å². The Balaban J connectivity index is 2.01. The van der Waals surface area contributed by atoms with Crippen LogP contribution >= 0.6 is 23.1 Å². The van der Waals surface area contributed by atoms with E-state index in [1.807, 2.05) is 11.8 Å². The van der Waals surface area contributed by atoms with Gasteiger partial charge in [0.05, 0.1) is 17.0 Å². The van der Waals surface area contributed by atoms with Gasteiger partial charge in [-0.15, -0.1) is 11.3 Å². The second-order valence-corrected chi connectivity index (χ2v) is 6.12. The van der Waals surface area contributed by atoms with Gasteiger partial charge in [0.1, 0.15) is 5.01 Å². The number of thiazole rings is 1. The van der Waals surface area contributed by atoms with Crippen molar-refractivity contribution in [3.8, 4) is 10.7 Å². The SMILES string of the molecule is O=C(O)c1ccnc(-c2nc3c(s2)CSCC3)c1. The second-order valence-electron chi connectivity index (χ2n) is 3.93. The minimum atomic E-state index is -0.935. The Morgan fingerprint density at radius 2 is 2.33 bits per heavy atom. The number of carboxylic acids is 1. The molecule has 3 rings (SSSR count). The minimum Gasteiger partial charge on any atom is -0.478 e. The Labute approximate surface area is 112 Å². The molecule has 0 unspecified atom stereocenters. The van der Waals surface area contributed by atoms with Gasteiger partial charge in [-0.3, -0.25) is 4.98 Å². The first-order chi connectivity index (χ1) is 8.74. The smallest absolute Gasteiger partial charge is 0.335 e. The van der Waals surface area contributed by atoms with Gasteiger partial charge in [0.25, 0.3) is 0 Å².